The molecule has 0 spiro atoms. The fourth-order valence-corrected chi connectivity index (χ4v) is 1.15. The van der Waals surface area contributed by atoms with Crippen molar-refractivity contribution in [2.75, 3.05) is 12.3 Å². The van der Waals surface area contributed by atoms with Crippen molar-refractivity contribution in [1.82, 2.24) is 0 Å². The summed E-state index contributed by atoms with van der Waals surface area (Å²) in [4.78, 5) is 10.8. The highest BCUT2D eigenvalue weighted by atomic mass is 16.1. The minimum Gasteiger partial charge on any atom is -0.398 e. The number of benzene rings is 1. The van der Waals surface area contributed by atoms with Crippen LogP contribution in [-0.2, 0) is 0 Å². The Bertz CT molecular complexity index is 321. The summed E-state index contributed by atoms with van der Waals surface area (Å²) in [6.45, 7) is 6.68. The smallest absolute Gasteiger partial charge is 0.161 e. The molecule has 1 aromatic rings. The molecule has 0 bridgehead atoms. The Labute approximate surface area is 97.8 Å². The van der Waals surface area contributed by atoms with Crippen LogP contribution >= 0.6 is 0 Å². The molecule has 0 heterocycles. The van der Waals surface area contributed by atoms with E-state index in [-0.39, 0.29) is 5.78 Å². The van der Waals surface area contributed by atoms with Crippen molar-refractivity contribution in [3.05, 3.63) is 29.8 Å². The Morgan fingerprint density at radius 3 is 2.12 bits per heavy atom. The first kappa shape index (κ1) is 14.6. The molecule has 4 N–H and O–H groups in total. The predicted octanol–water partition coefficient (Wildman–Crippen LogP) is 2.46. The minimum absolute atomic E-state index is 0.0121. The summed E-state index contributed by atoms with van der Waals surface area (Å²) in [6, 6.07) is 7.04. The summed E-state index contributed by atoms with van der Waals surface area (Å²) in [6.07, 6.45) is 1.15. The Kier molecular flexibility index (Phi) is 7.21. The van der Waals surface area contributed by atoms with Gasteiger partial charge in [0.05, 0.1) is 0 Å². The van der Waals surface area contributed by atoms with E-state index in [0.29, 0.717) is 11.3 Å². The summed E-state index contributed by atoms with van der Waals surface area (Å²) < 4.78 is 0. The zero-order valence-corrected chi connectivity index (χ0v) is 10.4. The molecule has 0 radical (unpaired) electrons. The van der Waals surface area contributed by atoms with E-state index in [1.54, 1.807) is 18.2 Å². The van der Waals surface area contributed by atoms with Gasteiger partial charge < -0.3 is 11.5 Å². The molecule has 3 heteroatoms. The highest BCUT2D eigenvalue weighted by molar-refractivity contribution is 5.98. The summed E-state index contributed by atoms with van der Waals surface area (Å²) in [5, 5.41) is 0. The molecule has 0 fully saturated rings. The lowest BCUT2D eigenvalue weighted by Crippen LogP contribution is -2.01. The van der Waals surface area contributed by atoms with Crippen LogP contribution in [0.25, 0.3) is 0 Å². The molecule has 0 aliphatic carbocycles. The Morgan fingerprint density at radius 2 is 1.88 bits per heavy atom. The highest BCUT2D eigenvalue weighted by Gasteiger charge is 2.00. The molecule has 0 saturated heterocycles. The highest BCUT2D eigenvalue weighted by Crippen LogP contribution is 2.09. The normalized spacial score (nSPS) is 9.56. The molecule has 0 aliphatic heterocycles. The molecule has 16 heavy (non-hydrogen) atoms. The first-order valence-corrected chi connectivity index (χ1v) is 5.54. The number of carbonyl (C=O) groups excluding carboxylic acids is 1. The van der Waals surface area contributed by atoms with Crippen LogP contribution in [0.4, 0.5) is 5.69 Å². The van der Waals surface area contributed by atoms with Crippen molar-refractivity contribution >= 4 is 11.5 Å². The molecular weight excluding hydrogens is 200 g/mol. The van der Waals surface area contributed by atoms with Crippen LogP contribution in [0.15, 0.2) is 24.3 Å². The number of hydrogen-bond donors (Lipinski definition) is 2. The van der Waals surface area contributed by atoms with Gasteiger partial charge in [0, 0.05) is 11.3 Å². The van der Waals surface area contributed by atoms with Crippen LogP contribution in [0, 0.1) is 5.92 Å². The van der Waals surface area contributed by atoms with Crippen LogP contribution in [0.1, 0.15) is 37.6 Å². The Balaban J connectivity index is 0.000000325. The number of nitrogens with two attached hydrogens (primary N) is 2. The second-order valence-electron chi connectivity index (χ2n) is 4.11. The molecule has 0 amide bonds. The molecule has 0 atom stereocenters. The number of rotatable bonds is 3. The molecule has 3 nitrogen and oxygen atoms in total. The summed E-state index contributed by atoms with van der Waals surface area (Å²) >= 11 is 0. The summed E-state index contributed by atoms with van der Waals surface area (Å²) in [7, 11) is 0. The first-order valence-electron chi connectivity index (χ1n) is 5.54. The van der Waals surface area contributed by atoms with Crippen molar-refractivity contribution in [2.24, 2.45) is 11.7 Å². The van der Waals surface area contributed by atoms with Gasteiger partial charge in [0.25, 0.3) is 0 Å². The maximum absolute atomic E-state index is 10.8. The van der Waals surface area contributed by atoms with Crippen molar-refractivity contribution in [3.8, 4) is 0 Å². The van der Waals surface area contributed by atoms with Gasteiger partial charge in [0.15, 0.2) is 5.78 Å². The lowest BCUT2D eigenvalue weighted by atomic mass is 10.1. The van der Waals surface area contributed by atoms with Crippen LogP contribution < -0.4 is 11.5 Å². The van der Waals surface area contributed by atoms with E-state index >= 15 is 0 Å². The first-order chi connectivity index (χ1) is 7.49. The molecule has 1 rings (SSSR count). The second kappa shape index (κ2) is 7.88. The lowest BCUT2D eigenvalue weighted by Gasteiger charge is -1.97. The van der Waals surface area contributed by atoms with Gasteiger partial charge in [0.2, 0.25) is 0 Å². The maximum Gasteiger partial charge on any atom is 0.161 e. The standard InChI is InChI=1S/C8H9NO.C5H13N/c1-6(10)7-4-2-3-5-8(7)9;1-5(2)3-4-6/h2-5H,9H2,1H3;5H,3-4,6H2,1-2H3. The zero-order valence-electron chi connectivity index (χ0n) is 10.4. The van der Waals surface area contributed by atoms with E-state index in [0.717, 1.165) is 18.9 Å². The topological polar surface area (TPSA) is 69.1 Å². The van der Waals surface area contributed by atoms with Crippen LogP contribution in [-0.4, -0.2) is 12.3 Å². The second-order valence-corrected chi connectivity index (χ2v) is 4.11. The molecule has 0 saturated carbocycles. The van der Waals surface area contributed by atoms with Crippen LogP contribution in [0.2, 0.25) is 0 Å². The number of ketones is 1. The van der Waals surface area contributed by atoms with E-state index in [9.17, 15) is 4.79 Å². The average Bonchev–Trinajstić information content (AvgIpc) is 2.18. The van der Waals surface area contributed by atoms with Gasteiger partial charge >= 0.3 is 0 Å². The van der Waals surface area contributed by atoms with Gasteiger partial charge in [-0.3, -0.25) is 4.79 Å². The Morgan fingerprint density at radius 1 is 1.31 bits per heavy atom. The summed E-state index contributed by atoms with van der Waals surface area (Å²) in [5.74, 6) is 0.785. The third kappa shape index (κ3) is 6.19. The van der Waals surface area contributed by atoms with Gasteiger partial charge in [-0.05, 0) is 37.9 Å². The van der Waals surface area contributed by atoms with Crippen LogP contribution in [0.3, 0.4) is 0 Å². The summed E-state index contributed by atoms with van der Waals surface area (Å²) in [5.41, 5.74) is 11.9. The molecular formula is C13H22N2O. The maximum atomic E-state index is 10.8. The van der Waals surface area contributed by atoms with E-state index in [4.69, 9.17) is 11.5 Å². The fraction of sp³-hybridized carbons (Fsp3) is 0.462. The molecule has 0 aliphatic rings. The zero-order chi connectivity index (χ0) is 12.6. The van der Waals surface area contributed by atoms with Crippen molar-refractivity contribution in [1.29, 1.82) is 0 Å². The average molecular weight is 222 g/mol. The number of hydrogen-bond acceptors (Lipinski definition) is 3. The minimum atomic E-state index is 0.0121. The van der Waals surface area contributed by atoms with Gasteiger partial charge in [-0.1, -0.05) is 26.0 Å². The van der Waals surface area contributed by atoms with Gasteiger partial charge in [0.1, 0.15) is 0 Å². The quantitative estimate of drug-likeness (QED) is 0.609. The third-order valence-corrected chi connectivity index (χ3v) is 2.08. The molecule has 90 valence electrons. The Hall–Kier alpha value is -1.35. The lowest BCUT2D eigenvalue weighted by molar-refractivity contribution is 0.101. The van der Waals surface area contributed by atoms with E-state index in [1.807, 2.05) is 6.07 Å². The van der Waals surface area contributed by atoms with E-state index in [2.05, 4.69) is 13.8 Å². The van der Waals surface area contributed by atoms with E-state index < -0.39 is 0 Å². The molecule has 0 unspecified atom stereocenters. The van der Waals surface area contributed by atoms with Crippen molar-refractivity contribution in [2.45, 2.75) is 27.2 Å². The number of carbonyl (C=O) groups is 1. The van der Waals surface area contributed by atoms with Gasteiger partial charge in [-0.15, -0.1) is 0 Å². The predicted molar refractivity (Wildman–Crippen MR) is 69.4 cm³/mol. The number of Topliss-reactive ketones (excluding diaryl/α,β-unsaturated/α-hetero) is 1. The van der Waals surface area contributed by atoms with Gasteiger partial charge in [-0.25, -0.2) is 0 Å². The van der Waals surface area contributed by atoms with E-state index in [1.165, 1.54) is 6.92 Å². The number of para-hydroxylation sites is 1. The molecule has 0 aromatic heterocycles. The van der Waals surface area contributed by atoms with Crippen LogP contribution in [0.5, 0.6) is 0 Å². The monoisotopic (exact) mass is 222 g/mol. The fourth-order valence-electron chi connectivity index (χ4n) is 1.15. The SMILES string of the molecule is CC(=O)c1ccccc1N.CC(C)CCN. The number of nitrogen functional groups attached to an aromatic ring is 1. The van der Waals surface area contributed by atoms with Crippen molar-refractivity contribution < 1.29 is 4.79 Å². The largest absolute Gasteiger partial charge is 0.398 e. The third-order valence-electron chi connectivity index (χ3n) is 2.08. The van der Waals surface area contributed by atoms with Crippen molar-refractivity contribution in [3.63, 3.8) is 0 Å². The molecule has 1 aromatic carbocycles. The van der Waals surface area contributed by atoms with Gasteiger partial charge in [-0.2, -0.15) is 0 Å². The number of anilines is 1.